The van der Waals surface area contributed by atoms with E-state index in [9.17, 15) is 0 Å². The van der Waals surface area contributed by atoms with Crippen molar-refractivity contribution in [1.82, 2.24) is 0 Å². The van der Waals surface area contributed by atoms with Crippen molar-refractivity contribution in [1.29, 1.82) is 0 Å². The molecule has 0 rings (SSSR count). The maximum atomic E-state index is 6.06. The first-order chi connectivity index (χ1) is 5.85. The first-order valence-corrected chi connectivity index (χ1v) is 5.60. The summed E-state index contributed by atoms with van der Waals surface area (Å²) in [5.41, 5.74) is 6.49. The molecule has 0 amide bonds. The van der Waals surface area contributed by atoms with Gasteiger partial charge in [-0.15, -0.1) is 0 Å². The highest BCUT2D eigenvalue weighted by atomic mass is 14.6. The van der Waals surface area contributed by atoms with Crippen molar-refractivity contribution >= 4 is 0 Å². The average Bonchev–Trinajstić information content (AvgIpc) is 1.99. The Bertz CT molecular complexity index is 124. The van der Waals surface area contributed by atoms with E-state index >= 15 is 0 Å². The fraction of sp³-hybridized carbons (Fsp3) is 1.00. The molecule has 0 saturated heterocycles. The molecule has 0 bridgehead atoms. The molecule has 2 atom stereocenters. The van der Waals surface area contributed by atoms with Gasteiger partial charge in [-0.3, -0.25) is 0 Å². The van der Waals surface area contributed by atoms with Crippen LogP contribution in [0.1, 0.15) is 60.3 Å². The summed E-state index contributed by atoms with van der Waals surface area (Å²) in [6.45, 7) is 11.4. The Balaban J connectivity index is 3.57. The van der Waals surface area contributed by atoms with Crippen LogP contribution in [0.2, 0.25) is 0 Å². The van der Waals surface area contributed by atoms with Crippen molar-refractivity contribution in [3.63, 3.8) is 0 Å². The van der Waals surface area contributed by atoms with E-state index < -0.39 is 0 Å². The van der Waals surface area contributed by atoms with Crippen molar-refractivity contribution < 1.29 is 0 Å². The first kappa shape index (κ1) is 13.0. The van der Waals surface area contributed by atoms with Crippen LogP contribution in [0.4, 0.5) is 0 Å². The Hall–Kier alpha value is -0.0400. The number of nitrogens with two attached hydrogens (primary N) is 1. The van der Waals surface area contributed by atoms with Crippen LogP contribution in [0.15, 0.2) is 0 Å². The van der Waals surface area contributed by atoms with Crippen LogP contribution in [0, 0.1) is 11.3 Å². The second-order valence-electron chi connectivity index (χ2n) is 5.61. The highest BCUT2D eigenvalue weighted by molar-refractivity contribution is 4.70. The van der Waals surface area contributed by atoms with Crippen molar-refractivity contribution in [3.05, 3.63) is 0 Å². The molecule has 0 saturated carbocycles. The predicted octanol–water partition coefficient (Wildman–Crippen LogP) is 3.58. The Labute approximate surface area is 84.1 Å². The van der Waals surface area contributed by atoms with Gasteiger partial charge < -0.3 is 5.73 Å². The summed E-state index contributed by atoms with van der Waals surface area (Å²) in [5.74, 6) is 0.787. The molecule has 13 heavy (non-hydrogen) atoms. The minimum atomic E-state index is 0.411. The molecular formula is C12H27N. The summed E-state index contributed by atoms with van der Waals surface area (Å²) in [6, 6.07) is 0.411. The fourth-order valence-electron chi connectivity index (χ4n) is 1.42. The van der Waals surface area contributed by atoms with E-state index in [2.05, 4.69) is 34.6 Å². The van der Waals surface area contributed by atoms with E-state index in [-0.39, 0.29) is 0 Å². The Kier molecular flexibility index (Phi) is 5.62. The molecule has 0 radical (unpaired) electrons. The topological polar surface area (TPSA) is 26.0 Å². The van der Waals surface area contributed by atoms with Gasteiger partial charge in [0.2, 0.25) is 0 Å². The minimum Gasteiger partial charge on any atom is -0.328 e. The molecule has 0 spiro atoms. The third-order valence-corrected chi connectivity index (χ3v) is 2.67. The van der Waals surface area contributed by atoms with E-state index in [1.54, 1.807) is 0 Å². The molecule has 2 unspecified atom stereocenters. The quantitative estimate of drug-likeness (QED) is 0.696. The van der Waals surface area contributed by atoms with E-state index in [0.717, 1.165) is 5.92 Å². The maximum absolute atomic E-state index is 6.06. The largest absolute Gasteiger partial charge is 0.328 e. The maximum Gasteiger partial charge on any atom is 0.00415 e. The normalized spacial score (nSPS) is 17.1. The van der Waals surface area contributed by atoms with Gasteiger partial charge in [0.1, 0.15) is 0 Å². The lowest BCUT2D eigenvalue weighted by Gasteiger charge is -2.22. The number of rotatable bonds is 5. The lowest BCUT2D eigenvalue weighted by atomic mass is 9.87. The van der Waals surface area contributed by atoms with Gasteiger partial charge in [0.25, 0.3) is 0 Å². The zero-order valence-electron chi connectivity index (χ0n) is 10.1. The first-order valence-electron chi connectivity index (χ1n) is 5.60. The van der Waals surface area contributed by atoms with Crippen LogP contribution in [-0.4, -0.2) is 6.04 Å². The van der Waals surface area contributed by atoms with Crippen LogP contribution < -0.4 is 5.73 Å². The molecule has 0 aliphatic heterocycles. The third kappa shape index (κ3) is 8.29. The summed E-state index contributed by atoms with van der Waals surface area (Å²) in [7, 11) is 0. The summed E-state index contributed by atoms with van der Waals surface area (Å²) >= 11 is 0. The molecule has 80 valence electrons. The van der Waals surface area contributed by atoms with Crippen molar-refractivity contribution in [2.24, 2.45) is 17.1 Å². The highest BCUT2D eigenvalue weighted by Gasteiger charge is 2.13. The Morgan fingerprint density at radius 1 is 1.23 bits per heavy atom. The van der Waals surface area contributed by atoms with E-state index in [1.165, 1.54) is 25.7 Å². The van der Waals surface area contributed by atoms with Crippen LogP contribution >= 0.6 is 0 Å². The summed E-state index contributed by atoms with van der Waals surface area (Å²) in [4.78, 5) is 0. The van der Waals surface area contributed by atoms with Gasteiger partial charge in [-0.2, -0.15) is 0 Å². The van der Waals surface area contributed by atoms with Crippen molar-refractivity contribution in [2.45, 2.75) is 66.3 Å². The van der Waals surface area contributed by atoms with Crippen LogP contribution in [-0.2, 0) is 0 Å². The van der Waals surface area contributed by atoms with Gasteiger partial charge in [0.05, 0.1) is 0 Å². The zero-order valence-corrected chi connectivity index (χ0v) is 10.1. The van der Waals surface area contributed by atoms with E-state index in [1.807, 2.05) is 0 Å². The fourth-order valence-corrected chi connectivity index (χ4v) is 1.42. The van der Waals surface area contributed by atoms with Gasteiger partial charge in [0.15, 0.2) is 0 Å². The van der Waals surface area contributed by atoms with Gasteiger partial charge in [-0.25, -0.2) is 0 Å². The summed E-state index contributed by atoms with van der Waals surface area (Å²) < 4.78 is 0. The molecule has 0 aliphatic rings. The number of hydrogen-bond acceptors (Lipinski definition) is 1. The van der Waals surface area contributed by atoms with Crippen LogP contribution in [0.25, 0.3) is 0 Å². The molecule has 0 aromatic rings. The Morgan fingerprint density at radius 3 is 2.15 bits per heavy atom. The summed E-state index contributed by atoms with van der Waals surface area (Å²) in [5, 5.41) is 0. The molecule has 0 heterocycles. The Morgan fingerprint density at radius 2 is 1.77 bits per heavy atom. The standard InChI is InChI=1S/C12H27N/c1-6-10(2)9-11(13)7-8-12(3,4)5/h10-11H,6-9,13H2,1-5H3. The number of hydrogen-bond donors (Lipinski definition) is 1. The third-order valence-electron chi connectivity index (χ3n) is 2.67. The predicted molar refractivity (Wildman–Crippen MR) is 60.7 cm³/mol. The molecule has 1 heteroatoms. The molecule has 1 nitrogen and oxygen atoms in total. The van der Waals surface area contributed by atoms with Gasteiger partial charge >= 0.3 is 0 Å². The van der Waals surface area contributed by atoms with Crippen LogP contribution in [0.3, 0.4) is 0 Å². The monoisotopic (exact) mass is 185 g/mol. The highest BCUT2D eigenvalue weighted by Crippen LogP contribution is 2.23. The molecular weight excluding hydrogens is 158 g/mol. The SMILES string of the molecule is CCC(C)CC(N)CCC(C)(C)C. The van der Waals surface area contributed by atoms with E-state index in [0.29, 0.717) is 11.5 Å². The molecule has 0 fully saturated rings. The molecule has 2 N–H and O–H groups in total. The average molecular weight is 185 g/mol. The zero-order chi connectivity index (χ0) is 10.5. The second-order valence-corrected chi connectivity index (χ2v) is 5.61. The molecule has 0 aliphatic carbocycles. The van der Waals surface area contributed by atoms with E-state index in [4.69, 9.17) is 5.73 Å². The minimum absolute atomic E-state index is 0.411. The van der Waals surface area contributed by atoms with Crippen molar-refractivity contribution in [2.75, 3.05) is 0 Å². The lowest BCUT2D eigenvalue weighted by molar-refractivity contribution is 0.328. The molecule has 0 aromatic heterocycles. The second kappa shape index (κ2) is 5.64. The molecule has 0 aromatic carbocycles. The summed E-state index contributed by atoms with van der Waals surface area (Å²) in [6.07, 6.45) is 4.86. The van der Waals surface area contributed by atoms with Crippen LogP contribution in [0.5, 0.6) is 0 Å². The van der Waals surface area contributed by atoms with Crippen molar-refractivity contribution in [3.8, 4) is 0 Å². The lowest BCUT2D eigenvalue weighted by Crippen LogP contribution is -2.24. The van der Waals surface area contributed by atoms with Gasteiger partial charge in [-0.1, -0.05) is 41.0 Å². The smallest absolute Gasteiger partial charge is 0.00415 e. The van der Waals surface area contributed by atoms with Gasteiger partial charge in [0, 0.05) is 6.04 Å². The van der Waals surface area contributed by atoms with Gasteiger partial charge in [-0.05, 0) is 30.6 Å².